The molecule has 20 heavy (non-hydrogen) atoms. The Hall–Kier alpha value is -0.870. The highest BCUT2D eigenvalue weighted by molar-refractivity contribution is 5.09. The number of rotatable bonds is 2. The summed E-state index contributed by atoms with van der Waals surface area (Å²) in [6, 6.07) is 2.23. The van der Waals surface area contributed by atoms with Gasteiger partial charge in [-0.3, -0.25) is 9.58 Å². The quantitative estimate of drug-likeness (QED) is 0.899. The molecule has 1 saturated carbocycles. The smallest absolute Gasteiger partial charge is 0.0597 e. The molecule has 1 spiro atoms. The average molecular weight is 276 g/mol. The van der Waals surface area contributed by atoms with Crippen molar-refractivity contribution >= 4 is 0 Å². The summed E-state index contributed by atoms with van der Waals surface area (Å²) >= 11 is 0. The van der Waals surface area contributed by atoms with Crippen LogP contribution in [-0.2, 0) is 13.6 Å². The Morgan fingerprint density at radius 3 is 2.75 bits per heavy atom. The van der Waals surface area contributed by atoms with Gasteiger partial charge in [-0.25, -0.2) is 0 Å². The van der Waals surface area contributed by atoms with E-state index in [1.165, 1.54) is 63.9 Å². The first-order chi connectivity index (χ1) is 9.67. The van der Waals surface area contributed by atoms with Crippen LogP contribution in [0.1, 0.15) is 49.9 Å². The second-order valence-corrected chi connectivity index (χ2v) is 6.73. The maximum absolute atomic E-state index is 4.48. The third-order valence-corrected chi connectivity index (χ3v) is 4.97. The van der Waals surface area contributed by atoms with E-state index in [0.29, 0.717) is 5.54 Å². The van der Waals surface area contributed by atoms with Crippen LogP contribution in [0.5, 0.6) is 0 Å². The van der Waals surface area contributed by atoms with Crippen LogP contribution in [0.25, 0.3) is 0 Å². The van der Waals surface area contributed by atoms with Crippen molar-refractivity contribution in [1.82, 2.24) is 20.0 Å². The number of nitrogens with zero attached hydrogens (tertiary/aromatic N) is 3. The van der Waals surface area contributed by atoms with Gasteiger partial charge in [0, 0.05) is 25.7 Å². The summed E-state index contributed by atoms with van der Waals surface area (Å²) in [5.41, 5.74) is 2.86. The fourth-order valence-corrected chi connectivity index (χ4v) is 3.96. The van der Waals surface area contributed by atoms with Crippen molar-refractivity contribution in [2.45, 2.75) is 57.5 Å². The molecule has 1 saturated heterocycles. The van der Waals surface area contributed by atoms with Crippen molar-refractivity contribution in [2.24, 2.45) is 7.05 Å². The van der Waals surface area contributed by atoms with Crippen LogP contribution >= 0.6 is 0 Å². The molecule has 1 aliphatic carbocycles. The first-order valence-electron chi connectivity index (χ1n) is 8.14. The molecule has 112 valence electrons. The van der Waals surface area contributed by atoms with Gasteiger partial charge in [-0.2, -0.15) is 5.10 Å². The average Bonchev–Trinajstić information content (AvgIpc) is 2.62. The van der Waals surface area contributed by atoms with Crippen LogP contribution < -0.4 is 5.32 Å². The summed E-state index contributed by atoms with van der Waals surface area (Å²) in [6.07, 6.45) is 8.18. The second-order valence-electron chi connectivity index (χ2n) is 6.73. The van der Waals surface area contributed by atoms with E-state index in [4.69, 9.17) is 0 Å². The molecule has 1 aromatic rings. The summed E-state index contributed by atoms with van der Waals surface area (Å²) in [5, 5.41) is 8.35. The molecule has 0 unspecified atom stereocenters. The van der Waals surface area contributed by atoms with Crippen molar-refractivity contribution in [1.29, 1.82) is 0 Å². The summed E-state index contributed by atoms with van der Waals surface area (Å²) in [5.74, 6) is 0. The van der Waals surface area contributed by atoms with Crippen LogP contribution in [-0.4, -0.2) is 39.9 Å². The van der Waals surface area contributed by atoms with Crippen LogP contribution in [0, 0.1) is 6.92 Å². The van der Waals surface area contributed by atoms with Crippen LogP contribution in [0.15, 0.2) is 6.07 Å². The topological polar surface area (TPSA) is 33.1 Å². The highest BCUT2D eigenvalue weighted by Crippen LogP contribution is 2.30. The minimum absolute atomic E-state index is 0.391. The molecule has 4 heteroatoms. The van der Waals surface area contributed by atoms with Crippen LogP contribution in [0.2, 0.25) is 0 Å². The molecular weight excluding hydrogens is 248 g/mol. The fourth-order valence-electron chi connectivity index (χ4n) is 3.96. The molecule has 0 bridgehead atoms. The highest BCUT2D eigenvalue weighted by Gasteiger charge is 2.34. The maximum atomic E-state index is 4.48. The first-order valence-corrected chi connectivity index (χ1v) is 8.14. The number of hydrogen-bond donors (Lipinski definition) is 1. The molecule has 2 heterocycles. The molecule has 1 N–H and O–H groups in total. The molecule has 1 aromatic heterocycles. The lowest BCUT2D eigenvalue weighted by Crippen LogP contribution is -2.52. The largest absolute Gasteiger partial charge is 0.310 e. The van der Waals surface area contributed by atoms with Gasteiger partial charge in [0.05, 0.1) is 11.4 Å². The predicted molar refractivity (Wildman–Crippen MR) is 81.7 cm³/mol. The summed E-state index contributed by atoms with van der Waals surface area (Å²) in [6.45, 7) is 6.72. The van der Waals surface area contributed by atoms with Gasteiger partial charge >= 0.3 is 0 Å². The predicted octanol–water partition coefficient (Wildman–Crippen LogP) is 2.23. The van der Waals surface area contributed by atoms with E-state index in [9.17, 15) is 0 Å². The Bertz CT molecular complexity index is 445. The lowest BCUT2D eigenvalue weighted by molar-refractivity contribution is 0.157. The van der Waals surface area contributed by atoms with E-state index in [1.54, 1.807) is 0 Å². The molecule has 0 radical (unpaired) electrons. The molecule has 1 aliphatic heterocycles. The molecule has 0 atom stereocenters. The minimum atomic E-state index is 0.391. The number of aromatic nitrogens is 2. The fraction of sp³-hybridized carbons (Fsp3) is 0.812. The Kier molecular flexibility index (Phi) is 4.13. The zero-order valence-corrected chi connectivity index (χ0v) is 13.0. The Morgan fingerprint density at radius 1 is 1.25 bits per heavy atom. The zero-order valence-electron chi connectivity index (χ0n) is 13.0. The molecule has 2 fully saturated rings. The van der Waals surface area contributed by atoms with Gasteiger partial charge in [0.25, 0.3) is 0 Å². The van der Waals surface area contributed by atoms with Gasteiger partial charge in [0.2, 0.25) is 0 Å². The summed E-state index contributed by atoms with van der Waals surface area (Å²) in [7, 11) is 2.06. The van der Waals surface area contributed by atoms with Crippen molar-refractivity contribution < 1.29 is 0 Å². The standard InChI is InChI=1S/C16H28N4/c1-14-11-15(19(2)18-14)12-20-10-6-9-17-16(13-20)7-4-3-5-8-16/h11,17H,3-10,12-13H2,1-2H3. The van der Waals surface area contributed by atoms with E-state index in [-0.39, 0.29) is 0 Å². The normalized spacial score (nSPS) is 23.9. The molecule has 3 rings (SSSR count). The Labute approximate surface area is 122 Å². The third-order valence-electron chi connectivity index (χ3n) is 4.97. The van der Waals surface area contributed by atoms with Gasteiger partial charge < -0.3 is 5.32 Å². The highest BCUT2D eigenvalue weighted by atomic mass is 15.3. The zero-order chi connectivity index (χ0) is 14.0. The van der Waals surface area contributed by atoms with Crippen LogP contribution in [0.3, 0.4) is 0 Å². The summed E-state index contributed by atoms with van der Waals surface area (Å²) < 4.78 is 2.04. The van der Waals surface area contributed by atoms with Gasteiger partial charge in [0.15, 0.2) is 0 Å². The van der Waals surface area contributed by atoms with E-state index in [0.717, 1.165) is 12.2 Å². The maximum Gasteiger partial charge on any atom is 0.0597 e. The number of nitrogens with one attached hydrogen (secondary N) is 1. The van der Waals surface area contributed by atoms with E-state index in [1.807, 2.05) is 4.68 Å². The van der Waals surface area contributed by atoms with Gasteiger partial charge in [-0.15, -0.1) is 0 Å². The third kappa shape index (κ3) is 3.07. The monoisotopic (exact) mass is 276 g/mol. The van der Waals surface area contributed by atoms with E-state index >= 15 is 0 Å². The van der Waals surface area contributed by atoms with E-state index < -0.39 is 0 Å². The van der Waals surface area contributed by atoms with Gasteiger partial charge in [0.1, 0.15) is 0 Å². The summed E-state index contributed by atoms with van der Waals surface area (Å²) in [4.78, 5) is 2.64. The number of aryl methyl sites for hydroxylation is 2. The lowest BCUT2D eigenvalue weighted by Gasteiger charge is -2.40. The van der Waals surface area contributed by atoms with E-state index in [2.05, 4.69) is 35.4 Å². The number of hydrogen-bond acceptors (Lipinski definition) is 3. The molecule has 0 amide bonds. The van der Waals surface area contributed by atoms with Gasteiger partial charge in [-0.1, -0.05) is 19.3 Å². The van der Waals surface area contributed by atoms with Crippen molar-refractivity contribution in [3.05, 3.63) is 17.5 Å². The molecule has 2 aliphatic rings. The Morgan fingerprint density at radius 2 is 2.05 bits per heavy atom. The lowest BCUT2D eigenvalue weighted by atomic mass is 9.81. The second kappa shape index (κ2) is 5.86. The minimum Gasteiger partial charge on any atom is -0.310 e. The molecule has 4 nitrogen and oxygen atoms in total. The first kappa shape index (κ1) is 14.1. The van der Waals surface area contributed by atoms with Crippen molar-refractivity contribution in [3.63, 3.8) is 0 Å². The van der Waals surface area contributed by atoms with Crippen LogP contribution in [0.4, 0.5) is 0 Å². The van der Waals surface area contributed by atoms with Gasteiger partial charge in [-0.05, 0) is 45.3 Å². The van der Waals surface area contributed by atoms with Crippen molar-refractivity contribution in [2.75, 3.05) is 19.6 Å². The Balaban J connectivity index is 1.70. The SMILES string of the molecule is Cc1cc(CN2CCCNC3(CCCCC3)C2)n(C)n1. The van der Waals surface area contributed by atoms with Crippen molar-refractivity contribution in [3.8, 4) is 0 Å². The molecular formula is C16H28N4. The molecule has 0 aromatic carbocycles.